The monoisotopic (exact) mass is 246 g/mol. The minimum absolute atomic E-state index is 0.164. The van der Waals surface area contributed by atoms with Crippen LogP contribution in [0.5, 0.6) is 0 Å². The molecule has 1 heterocycles. The highest BCUT2D eigenvalue weighted by molar-refractivity contribution is 7.13. The quantitative estimate of drug-likeness (QED) is 0.771. The molecule has 2 rings (SSSR count). The molecule has 0 amide bonds. The average molecular weight is 246 g/mol. The lowest BCUT2D eigenvalue weighted by molar-refractivity contribution is -0.142. The molecular formula is C14H14O2S. The van der Waals surface area contributed by atoms with Gasteiger partial charge in [0.25, 0.3) is 0 Å². The van der Waals surface area contributed by atoms with Gasteiger partial charge in [0.2, 0.25) is 0 Å². The summed E-state index contributed by atoms with van der Waals surface area (Å²) in [6.07, 6.45) is 0.349. The highest BCUT2D eigenvalue weighted by Gasteiger charge is 2.11. The molecule has 3 heteroatoms. The first-order valence-corrected chi connectivity index (χ1v) is 6.46. The van der Waals surface area contributed by atoms with Gasteiger partial charge in [0.1, 0.15) is 0 Å². The summed E-state index contributed by atoms with van der Waals surface area (Å²) in [7, 11) is 0. The van der Waals surface area contributed by atoms with Crippen molar-refractivity contribution < 1.29 is 9.53 Å². The maximum absolute atomic E-state index is 11.5. The summed E-state index contributed by atoms with van der Waals surface area (Å²) in [5.41, 5.74) is 2.20. The molecule has 0 saturated heterocycles. The second kappa shape index (κ2) is 5.64. The van der Waals surface area contributed by atoms with Crippen LogP contribution in [0.15, 0.2) is 41.8 Å². The van der Waals surface area contributed by atoms with Gasteiger partial charge in [0.15, 0.2) is 0 Å². The van der Waals surface area contributed by atoms with Crippen LogP contribution >= 0.6 is 11.3 Å². The SMILES string of the molecule is CCOC(=O)Cc1ccsc1-c1ccccc1. The molecule has 0 atom stereocenters. The number of esters is 1. The normalized spacial score (nSPS) is 10.2. The summed E-state index contributed by atoms with van der Waals surface area (Å²) in [5, 5.41) is 2.01. The van der Waals surface area contributed by atoms with Crippen molar-refractivity contribution in [3.8, 4) is 10.4 Å². The van der Waals surface area contributed by atoms with Crippen molar-refractivity contribution in [2.75, 3.05) is 6.61 Å². The predicted octanol–water partition coefficient (Wildman–Crippen LogP) is 3.52. The third-order valence-corrected chi connectivity index (χ3v) is 3.43. The standard InChI is InChI=1S/C14H14O2S/c1-2-16-13(15)10-12-8-9-17-14(12)11-6-4-3-5-7-11/h3-9H,2,10H2,1H3. The number of hydrogen-bond acceptors (Lipinski definition) is 3. The van der Waals surface area contributed by atoms with Crippen molar-refractivity contribution in [2.45, 2.75) is 13.3 Å². The fourth-order valence-corrected chi connectivity index (χ4v) is 2.62. The number of carbonyl (C=O) groups is 1. The summed E-state index contributed by atoms with van der Waals surface area (Å²) in [6, 6.07) is 12.1. The minimum Gasteiger partial charge on any atom is -0.466 e. The first-order valence-electron chi connectivity index (χ1n) is 5.58. The van der Waals surface area contributed by atoms with Crippen molar-refractivity contribution in [1.29, 1.82) is 0 Å². The zero-order valence-corrected chi connectivity index (χ0v) is 10.5. The average Bonchev–Trinajstić information content (AvgIpc) is 2.78. The maximum Gasteiger partial charge on any atom is 0.310 e. The van der Waals surface area contributed by atoms with E-state index in [0.29, 0.717) is 13.0 Å². The molecule has 1 aromatic carbocycles. The maximum atomic E-state index is 11.5. The van der Waals surface area contributed by atoms with E-state index in [0.717, 1.165) is 16.0 Å². The predicted molar refractivity (Wildman–Crippen MR) is 70.1 cm³/mol. The Morgan fingerprint density at radius 1 is 1.24 bits per heavy atom. The van der Waals surface area contributed by atoms with Gasteiger partial charge in [-0.15, -0.1) is 11.3 Å². The van der Waals surface area contributed by atoms with Crippen LogP contribution in [0, 0.1) is 0 Å². The Morgan fingerprint density at radius 3 is 2.71 bits per heavy atom. The van der Waals surface area contributed by atoms with Gasteiger partial charge in [0, 0.05) is 4.88 Å². The van der Waals surface area contributed by atoms with Gasteiger partial charge in [-0.25, -0.2) is 0 Å². The third kappa shape index (κ3) is 2.94. The lowest BCUT2D eigenvalue weighted by Crippen LogP contribution is -2.07. The largest absolute Gasteiger partial charge is 0.466 e. The van der Waals surface area contributed by atoms with Gasteiger partial charge in [-0.05, 0) is 29.5 Å². The van der Waals surface area contributed by atoms with Crippen LogP contribution in [0.3, 0.4) is 0 Å². The van der Waals surface area contributed by atoms with E-state index in [2.05, 4.69) is 12.1 Å². The van der Waals surface area contributed by atoms with E-state index in [1.807, 2.05) is 36.6 Å². The zero-order valence-electron chi connectivity index (χ0n) is 9.68. The van der Waals surface area contributed by atoms with Gasteiger partial charge in [-0.2, -0.15) is 0 Å². The van der Waals surface area contributed by atoms with E-state index < -0.39 is 0 Å². The van der Waals surface area contributed by atoms with E-state index in [1.54, 1.807) is 11.3 Å². The number of rotatable bonds is 4. The van der Waals surface area contributed by atoms with Gasteiger partial charge in [-0.1, -0.05) is 30.3 Å². The molecule has 0 saturated carbocycles. The summed E-state index contributed by atoms with van der Waals surface area (Å²) < 4.78 is 4.97. The summed E-state index contributed by atoms with van der Waals surface area (Å²) >= 11 is 1.65. The molecule has 88 valence electrons. The van der Waals surface area contributed by atoms with Gasteiger partial charge in [-0.3, -0.25) is 4.79 Å². The van der Waals surface area contributed by atoms with Crippen LogP contribution in [0.4, 0.5) is 0 Å². The molecule has 0 radical (unpaired) electrons. The molecule has 0 N–H and O–H groups in total. The van der Waals surface area contributed by atoms with Crippen molar-refractivity contribution in [3.63, 3.8) is 0 Å². The van der Waals surface area contributed by atoms with E-state index in [1.165, 1.54) is 0 Å². The molecule has 17 heavy (non-hydrogen) atoms. The van der Waals surface area contributed by atoms with Gasteiger partial charge in [0.05, 0.1) is 13.0 Å². The topological polar surface area (TPSA) is 26.3 Å². The minimum atomic E-state index is -0.164. The summed E-state index contributed by atoms with van der Waals surface area (Å²) in [5.74, 6) is -0.164. The number of thiophene rings is 1. The van der Waals surface area contributed by atoms with Crippen molar-refractivity contribution >= 4 is 17.3 Å². The van der Waals surface area contributed by atoms with Crippen molar-refractivity contribution in [1.82, 2.24) is 0 Å². The van der Waals surface area contributed by atoms with Crippen molar-refractivity contribution in [3.05, 3.63) is 47.3 Å². The number of carbonyl (C=O) groups excluding carboxylic acids is 1. The van der Waals surface area contributed by atoms with Gasteiger partial charge >= 0.3 is 5.97 Å². The van der Waals surface area contributed by atoms with Crippen LogP contribution in [-0.2, 0) is 16.0 Å². The first kappa shape index (κ1) is 11.9. The lowest BCUT2D eigenvalue weighted by Gasteiger charge is -2.04. The number of benzene rings is 1. The van der Waals surface area contributed by atoms with Gasteiger partial charge < -0.3 is 4.74 Å². The third-order valence-electron chi connectivity index (χ3n) is 2.42. The molecule has 2 aromatic rings. The summed E-state index contributed by atoms with van der Waals surface area (Å²) in [4.78, 5) is 12.6. The Balaban J connectivity index is 2.20. The second-order valence-corrected chi connectivity index (χ2v) is 4.54. The molecule has 0 bridgehead atoms. The van der Waals surface area contributed by atoms with E-state index >= 15 is 0 Å². The molecule has 0 aliphatic rings. The first-order chi connectivity index (χ1) is 8.31. The Hall–Kier alpha value is -1.61. The molecule has 0 spiro atoms. The van der Waals surface area contributed by atoms with E-state index in [4.69, 9.17) is 4.74 Å². The molecule has 1 aromatic heterocycles. The Morgan fingerprint density at radius 2 is 2.00 bits per heavy atom. The molecule has 0 aliphatic heterocycles. The molecule has 0 unspecified atom stereocenters. The number of ether oxygens (including phenoxy) is 1. The van der Waals surface area contributed by atoms with Crippen LogP contribution in [-0.4, -0.2) is 12.6 Å². The van der Waals surface area contributed by atoms with E-state index in [-0.39, 0.29) is 5.97 Å². The fraction of sp³-hybridized carbons (Fsp3) is 0.214. The second-order valence-electron chi connectivity index (χ2n) is 3.62. The highest BCUT2D eigenvalue weighted by atomic mass is 32.1. The Labute approximate surface area is 105 Å². The molecule has 0 fully saturated rings. The van der Waals surface area contributed by atoms with Crippen LogP contribution < -0.4 is 0 Å². The van der Waals surface area contributed by atoms with Crippen molar-refractivity contribution in [2.24, 2.45) is 0 Å². The smallest absolute Gasteiger partial charge is 0.310 e. The number of hydrogen-bond donors (Lipinski definition) is 0. The molecule has 0 aliphatic carbocycles. The lowest BCUT2D eigenvalue weighted by atomic mass is 10.1. The van der Waals surface area contributed by atoms with E-state index in [9.17, 15) is 4.79 Å². The highest BCUT2D eigenvalue weighted by Crippen LogP contribution is 2.29. The molecular weight excluding hydrogens is 232 g/mol. The van der Waals surface area contributed by atoms with Crippen LogP contribution in [0.1, 0.15) is 12.5 Å². The zero-order chi connectivity index (χ0) is 12.1. The Bertz CT molecular complexity index is 488. The van der Waals surface area contributed by atoms with Crippen LogP contribution in [0.2, 0.25) is 0 Å². The fourth-order valence-electron chi connectivity index (χ4n) is 1.69. The molecule has 2 nitrogen and oxygen atoms in total. The van der Waals surface area contributed by atoms with Crippen LogP contribution in [0.25, 0.3) is 10.4 Å². The Kier molecular flexibility index (Phi) is 3.94. The summed E-state index contributed by atoms with van der Waals surface area (Å²) in [6.45, 7) is 2.26.